The van der Waals surface area contributed by atoms with Gasteiger partial charge in [0.2, 0.25) is 0 Å². The van der Waals surface area contributed by atoms with Crippen molar-refractivity contribution < 1.29 is 14.6 Å². The van der Waals surface area contributed by atoms with Crippen LogP contribution < -0.4 is 5.32 Å². The second-order valence-corrected chi connectivity index (χ2v) is 4.65. The van der Waals surface area contributed by atoms with Crippen molar-refractivity contribution in [2.24, 2.45) is 0 Å². The first-order valence-corrected chi connectivity index (χ1v) is 5.72. The summed E-state index contributed by atoms with van der Waals surface area (Å²) in [7, 11) is 0. The standard InChI is InChI=1S/C12H16ClNO3/c1-7-4-5-10(9(3)11(7)15)14-12(16)17-6-8(2)13/h4-5,8,15H,6H2,1-3H3,(H,14,16). The van der Waals surface area contributed by atoms with Crippen molar-refractivity contribution >= 4 is 23.4 Å². The third-order valence-corrected chi connectivity index (χ3v) is 2.44. The number of benzene rings is 1. The number of phenolic OH excluding ortho intramolecular Hbond substituents is 1. The summed E-state index contributed by atoms with van der Waals surface area (Å²) in [6.07, 6.45) is -0.580. The number of anilines is 1. The molecule has 1 rings (SSSR count). The van der Waals surface area contributed by atoms with Crippen LogP contribution in [0.15, 0.2) is 12.1 Å². The van der Waals surface area contributed by atoms with Crippen LogP contribution in [0.2, 0.25) is 0 Å². The third-order valence-electron chi connectivity index (χ3n) is 2.31. The molecule has 0 saturated carbocycles. The number of amides is 1. The van der Waals surface area contributed by atoms with E-state index >= 15 is 0 Å². The van der Waals surface area contributed by atoms with Gasteiger partial charge in [-0.1, -0.05) is 6.07 Å². The van der Waals surface area contributed by atoms with Gasteiger partial charge in [-0.05, 0) is 32.4 Å². The quantitative estimate of drug-likeness (QED) is 0.818. The molecule has 0 heterocycles. The highest BCUT2D eigenvalue weighted by Gasteiger charge is 2.10. The fourth-order valence-corrected chi connectivity index (χ4v) is 1.37. The van der Waals surface area contributed by atoms with Gasteiger partial charge in [0, 0.05) is 5.56 Å². The van der Waals surface area contributed by atoms with E-state index < -0.39 is 6.09 Å². The average molecular weight is 258 g/mol. The van der Waals surface area contributed by atoms with Gasteiger partial charge in [-0.2, -0.15) is 0 Å². The zero-order valence-corrected chi connectivity index (χ0v) is 10.8. The van der Waals surface area contributed by atoms with E-state index in [2.05, 4.69) is 5.32 Å². The van der Waals surface area contributed by atoms with Gasteiger partial charge in [-0.15, -0.1) is 11.6 Å². The molecule has 1 aromatic carbocycles. The summed E-state index contributed by atoms with van der Waals surface area (Å²) in [6.45, 7) is 5.39. The summed E-state index contributed by atoms with van der Waals surface area (Å²) in [6, 6.07) is 3.44. The Kier molecular flexibility index (Phi) is 4.63. The van der Waals surface area contributed by atoms with Crippen molar-refractivity contribution in [2.75, 3.05) is 11.9 Å². The Morgan fingerprint density at radius 3 is 2.76 bits per heavy atom. The third kappa shape index (κ3) is 3.82. The molecule has 0 saturated heterocycles. The lowest BCUT2D eigenvalue weighted by Crippen LogP contribution is -2.18. The fraction of sp³-hybridized carbons (Fsp3) is 0.417. The highest BCUT2D eigenvalue weighted by molar-refractivity contribution is 6.20. The van der Waals surface area contributed by atoms with E-state index in [1.165, 1.54) is 0 Å². The molecular weight excluding hydrogens is 242 g/mol. The summed E-state index contributed by atoms with van der Waals surface area (Å²) in [4.78, 5) is 11.4. The minimum Gasteiger partial charge on any atom is -0.507 e. The number of carbonyl (C=O) groups excluding carboxylic acids is 1. The number of hydrogen-bond donors (Lipinski definition) is 2. The van der Waals surface area contributed by atoms with Crippen molar-refractivity contribution in [2.45, 2.75) is 26.1 Å². The van der Waals surface area contributed by atoms with E-state index in [4.69, 9.17) is 16.3 Å². The second-order valence-electron chi connectivity index (χ2n) is 3.91. The van der Waals surface area contributed by atoms with Crippen molar-refractivity contribution in [1.29, 1.82) is 0 Å². The molecule has 0 aliphatic heterocycles. The Bertz CT molecular complexity index is 418. The molecule has 94 valence electrons. The molecule has 0 bridgehead atoms. The Hall–Kier alpha value is -1.42. The Morgan fingerprint density at radius 1 is 1.53 bits per heavy atom. The summed E-state index contributed by atoms with van der Waals surface area (Å²) in [5.41, 5.74) is 1.90. The van der Waals surface area contributed by atoms with Gasteiger partial charge in [0.05, 0.1) is 11.1 Å². The smallest absolute Gasteiger partial charge is 0.411 e. The molecular formula is C12H16ClNO3. The molecule has 1 amide bonds. The van der Waals surface area contributed by atoms with Crippen LogP contribution in [0, 0.1) is 13.8 Å². The average Bonchev–Trinajstić information content (AvgIpc) is 2.27. The lowest BCUT2D eigenvalue weighted by atomic mass is 10.1. The topological polar surface area (TPSA) is 58.6 Å². The van der Waals surface area contributed by atoms with Crippen molar-refractivity contribution in [3.63, 3.8) is 0 Å². The van der Waals surface area contributed by atoms with Gasteiger partial charge in [-0.25, -0.2) is 4.79 Å². The number of halogens is 1. The molecule has 0 fully saturated rings. The molecule has 0 spiro atoms. The van der Waals surface area contributed by atoms with Crippen molar-refractivity contribution in [3.8, 4) is 5.75 Å². The van der Waals surface area contributed by atoms with Gasteiger partial charge in [-0.3, -0.25) is 5.32 Å². The van der Waals surface area contributed by atoms with Crippen LogP contribution in [0.25, 0.3) is 0 Å². The molecule has 1 atom stereocenters. The fourth-order valence-electron chi connectivity index (χ4n) is 1.31. The number of aryl methyl sites for hydroxylation is 1. The van der Waals surface area contributed by atoms with Gasteiger partial charge < -0.3 is 9.84 Å². The maximum atomic E-state index is 11.4. The predicted octanol–water partition coefficient (Wildman–Crippen LogP) is 3.18. The molecule has 0 aromatic heterocycles. The number of nitrogens with one attached hydrogen (secondary N) is 1. The van der Waals surface area contributed by atoms with E-state index in [0.717, 1.165) is 5.56 Å². The number of alkyl halides is 1. The van der Waals surface area contributed by atoms with E-state index in [-0.39, 0.29) is 17.7 Å². The van der Waals surface area contributed by atoms with E-state index in [1.54, 1.807) is 32.9 Å². The Labute approximate surface area is 106 Å². The minimum absolute atomic E-state index is 0.143. The van der Waals surface area contributed by atoms with Crippen LogP contribution in [0.4, 0.5) is 10.5 Å². The van der Waals surface area contributed by atoms with Crippen LogP contribution in [0.1, 0.15) is 18.1 Å². The minimum atomic E-state index is -0.580. The number of aromatic hydroxyl groups is 1. The molecule has 17 heavy (non-hydrogen) atoms. The maximum Gasteiger partial charge on any atom is 0.411 e. The zero-order valence-electron chi connectivity index (χ0n) is 10.1. The second kappa shape index (κ2) is 5.77. The molecule has 4 nitrogen and oxygen atoms in total. The number of hydrogen-bond acceptors (Lipinski definition) is 3. The summed E-state index contributed by atoms with van der Waals surface area (Å²) in [5, 5.41) is 12.0. The van der Waals surface area contributed by atoms with Crippen LogP contribution in [-0.2, 0) is 4.74 Å². The zero-order chi connectivity index (χ0) is 13.0. The number of carbonyl (C=O) groups is 1. The highest BCUT2D eigenvalue weighted by atomic mass is 35.5. The molecule has 1 aromatic rings. The Morgan fingerprint density at radius 2 is 2.18 bits per heavy atom. The van der Waals surface area contributed by atoms with E-state index in [9.17, 15) is 9.90 Å². The first-order chi connectivity index (χ1) is 7.91. The van der Waals surface area contributed by atoms with Crippen molar-refractivity contribution in [1.82, 2.24) is 0 Å². The van der Waals surface area contributed by atoms with Gasteiger partial charge in [0.25, 0.3) is 0 Å². The molecule has 1 unspecified atom stereocenters. The highest BCUT2D eigenvalue weighted by Crippen LogP contribution is 2.27. The lowest BCUT2D eigenvalue weighted by molar-refractivity contribution is 0.162. The normalized spacial score (nSPS) is 12.0. The molecule has 0 aliphatic carbocycles. The van der Waals surface area contributed by atoms with Crippen LogP contribution in [0.3, 0.4) is 0 Å². The van der Waals surface area contributed by atoms with Crippen LogP contribution in [0.5, 0.6) is 5.75 Å². The predicted molar refractivity (Wildman–Crippen MR) is 67.9 cm³/mol. The Balaban J connectivity index is 2.69. The first kappa shape index (κ1) is 13.6. The van der Waals surface area contributed by atoms with Gasteiger partial charge >= 0.3 is 6.09 Å². The SMILES string of the molecule is Cc1ccc(NC(=O)OCC(C)Cl)c(C)c1O. The summed E-state index contributed by atoms with van der Waals surface area (Å²) in [5.74, 6) is 0.175. The summed E-state index contributed by atoms with van der Waals surface area (Å²) >= 11 is 5.66. The monoisotopic (exact) mass is 257 g/mol. The number of ether oxygens (including phenoxy) is 1. The molecule has 5 heteroatoms. The molecule has 0 radical (unpaired) electrons. The number of phenols is 1. The van der Waals surface area contributed by atoms with E-state index in [1.807, 2.05) is 0 Å². The maximum absolute atomic E-state index is 11.4. The molecule has 2 N–H and O–H groups in total. The lowest BCUT2D eigenvalue weighted by Gasteiger charge is -2.12. The van der Waals surface area contributed by atoms with Crippen molar-refractivity contribution in [3.05, 3.63) is 23.3 Å². The summed E-state index contributed by atoms with van der Waals surface area (Å²) < 4.78 is 4.87. The van der Waals surface area contributed by atoms with Gasteiger partial charge in [0.15, 0.2) is 0 Å². The van der Waals surface area contributed by atoms with Crippen LogP contribution in [-0.4, -0.2) is 23.2 Å². The molecule has 0 aliphatic rings. The number of rotatable bonds is 3. The van der Waals surface area contributed by atoms with Gasteiger partial charge in [0.1, 0.15) is 12.4 Å². The largest absolute Gasteiger partial charge is 0.507 e. The van der Waals surface area contributed by atoms with E-state index in [0.29, 0.717) is 11.3 Å². The van der Waals surface area contributed by atoms with Crippen LogP contribution >= 0.6 is 11.6 Å². The first-order valence-electron chi connectivity index (χ1n) is 5.29.